The molecular weight excluding hydrogens is 316 g/mol. The molecule has 2 aromatic rings. The van der Waals surface area contributed by atoms with Gasteiger partial charge in [0.15, 0.2) is 5.78 Å². The van der Waals surface area contributed by atoms with Crippen LogP contribution >= 0.6 is 0 Å². The van der Waals surface area contributed by atoms with E-state index in [1.807, 2.05) is 43.3 Å². The van der Waals surface area contributed by atoms with E-state index in [0.717, 1.165) is 16.5 Å². The van der Waals surface area contributed by atoms with Crippen LogP contribution in [0.4, 0.5) is 0 Å². The summed E-state index contributed by atoms with van der Waals surface area (Å²) < 4.78 is 5.51. The number of carboxylic acids is 1. The third-order valence-electron chi connectivity index (χ3n) is 4.30. The molecule has 2 aromatic carbocycles. The van der Waals surface area contributed by atoms with E-state index >= 15 is 0 Å². The minimum atomic E-state index is -0.782. The van der Waals surface area contributed by atoms with Crippen molar-refractivity contribution in [1.29, 1.82) is 0 Å². The van der Waals surface area contributed by atoms with Gasteiger partial charge in [-0.15, -0.1) is 0 Å². The molecule has 2 rings (SSSR count). The fourth-order valence-electron chi connectivity index (χ4n) is 2.80. The monoisotopic (exact) mass is 340 g/mol. The Labute approximate surface area is 148 Å². The molecular formula is C21H24O4. The van der Waals surface area contributed by atoms with E-state index in [-0.39, 0.29) is 11.7 Å². The first kappa shape index (κ1) is 18.7. The molecule has 0 radical (unpaired) electrons. The average molecular weight is 340 g/mol. The van der Waals surface area contributed by atoms with E-state index in [9.17, 15) is 9.59 Å². The largest absolute Gasteiger partial charge is 0.490 e. The van der Waals surface area contributed by atoms with E-state index in [2.05, 4.69) is 6.58 Å². The highest BCUT2D eigenvalue weighted by atomic mass is 16.5. The Balaban J connectivity index is 2.01. The SMILES string of the molecule is C=CCOc1ccc2cc(C(=O)CCCC(CC)C(=O)O)ccc2c1. The van der Waals surface area contributed by atoms with E-state index in [4.69, 9.17) is 9.84 Å². The summed E-state index contributed by atoms with van der Waals surface area (Å²) >= 11 is 0. The third kappa shape index (κ3) is 5.18. The van der Waals surface area contributed by atoms with E-state index in [1.54, 1.807) is 6.08 Å². The summed E-state index contributed by atoms with van der Waals surface area (Å²) in [5.74, 6) is -0.326. The summed E-state index contributed by atoms with van der Waals surface area (Å²) in [4.78, 5) is 23.4. The Hall–Kier alpha value is -2.62. The van der Waals surface area contributed by atoms with Crippen molar-refractivity contribution in [3.05, 3.63) is 54.6 Å². The standard InChI is InChI=1S/C21H24O4/c1-3-12-25-19-11-10-16-13-18(9-8-17(16)14-19)20(22)7-5-6-15(4-2)21(23)24/h3,8-11,13-15H,1,4-7,12H2,2H3,(H,23,24). The molecule has 0 heterocycles. The summed E-state index contributed by atoms with van der Waals surface area (Å²) in [5, 5.41) is 11.0. The van der Waals surface area contributed by atoms with E-state index in [0.29, 0.717) is 37.9 Å². The number of carbonyl (C=O) groups is 2. The number of rotatable bonds is 10. The maximum Gasteiger partial charge on any atom is 0.306 e. The average Bonchev–Trinajstić information content (AvgIpc) is 2.62. The number of ketones is 1. The number of benzene rings is 2. The van der Waals surface area contributed by atoms with Crippen LogP contribution in [0.3, 0.4) is 0 Å². The van der Waals surface area contributed by atoms with Gasteiger partial charge < -0.3 is 9.84 Å². The Morgan fingerprint density at radius 2 is 1.92 bits per heavy atom. The van der Waals surface area contributed by atoms with Crippen molar-refractivity contribution in [3.8, 4) is 5.75 Å². The van der Waals surface area contributed by atoms with Crippen LogP contribution in [0.5, 0.6) is 5.75 Å². The predicted octanol–water partition coefficient (Wildman–Crippen LogP) is 4.87. The quantitative estimate of drug-likeness (QED) is 0.495. The van der Waals surface area contributed by atoms with Gasteiger partial charge in [0, 0.05) is 12.0 Å². The first-order chi connectivity index (χ1) is 12.0. The summed E-state index contributed by atoms with van der Waals surface area (Å²) in [6.07, 6.45) is 3.79. The molecule has 0 saturated heterocycles. The van der Waals surface area contributed by atoms with Gasteiger partial charge in [-0.05, 0) is 48.2 Å². The Morgan fingerprint density at radius 1 is 1.20 bits per heavy atom. The van der Waals surface area contributed by atoms with E-state index in [1.165, 1.54) is 0 Å². The molecule has 0 aliphatic carbocycles. The van der Waals surface area contributed by atoms with Crippen molar-refractivity contribution in [2.45, 2.75) is 32.6 Å². The second kappa shape index (κ2) is 9.02. The molecule has 0 saturated carbocycles. The zero-order valence-corrected chi connectivity index (χ0v) is 14.5. The smallest absolute Gasteiger partial charge is 0.306 e. The minimum Gasteiger partial charge on any atom is -0.490 e. The lowest BCUT2D eigenvalue weighted by Crippen LogP contribution is -2.13. The molecule has 1 unspecified atom stereocenters. The number of ether oxygens (including phenoxy) is 1. The van der Waals surface area contributed by atoms with Gasteiger partial charge in [-0.1, -0.05) is 37.8 Å². The highest BCUT2D eigenvalue weighted by Crippen LogP contribution is 2.23. The second-order valence-corrected chi connectivity index (χ2v) is 6.08. The number of Topliss-reactive ketones (excluding diaryl/α,β-unsaturated/α-hetero) is 1. The predicted molar refractivity (Wildman–Crippen MR) is 99.2 cm³/mol. The zero-order valence-electron chi connectivity index (χ0n) is 14.5. The lowest BCUT2D eigenvalue weighted by molar-refractivity contribution is -0.142. The molecule has 0 spiro atoms. The molecule has 0 aliphatic heterocycles. The number of hydrogen-bond acceptors (Lipinski definition) is 3. The molecule has 25 heavy (non-hydrogen) atoms. The minimum absolute atomic E-state index is 0.0501. The fourth-order valence-corrected chi connectivity index (χ4v) is 2.80. The van der Waals surface area contributed by atoms with Gasteiger partial charge in [0.05, 0.1) is 5.92 Å². The number of fused-ring (bicyclic) bond motifs is 1. The molecule has 0 fully saturated rings. The van der Waals surface area contributed by atoms with Crippen LogP contribution in [-0.2, 0) is 4.79 Å². The summed E-state index contributed by atoms with van der Waals surface area (Å²) in [7, 11) is 0. The van der Waals surface area contributed by atoms with Crippen molar-refractivity contribution in [1.82, 2.24) is 0 Å². The molecule has 1 N–H and O–H groups in total. The van der Waals surface area contributed by atoms with Crippen LogP contribution in [-0.4, -0.2) is 23.5 Å². The highest BCUT2D eigenvalue weighted by Gasteiger charge is 2.15. The molecule has 0 bridgehead atoms. The number of carbonyl (C=O) groups excluding carboxylic acids is 1. The van der Waals surface area contributed by atoms with Gasteiger partial charge in [0.1, 0.15) is 12.4 Å². The van der Waals surface area contributed by atoms with Crippen LogP contribution < -0.4 is 4.74 Å². The number of hydrogen-bond donors (Lipinski definition) is 1. The Bertz CT molecular complexity index is 764. The topological polar surface area (TPSA) is 63.6 Å². The van der Waals surface area contributed by atoms with Gasteiger partial charge in [0.2, 0.25) is 0 Å². The van der Waals surface area contributed by atoms with Gasteiger partial charge in [0.25, 0.3) is 0 Å². The van der Waals surface area contributed by atoms with Crippen molar-refractivity contribution < 1.29 is 19.4 Å². The van der Waals surface area contributed by atoms with Crippen LogP contribution in [0.25, 0.3) is 10.8 Å². The van der Waals surface area contributed by atoms with Crippen molar-refractivity contribution in [3.63, 3.8) is 0 Å². The summed E-state index contributed by atoms with van der Waals surface area (Å²) in [5.41, 5.74) is 0.663. The zero-order chi connectivity index (χ0) is 18.2. The van der Waals surface area contributed by atoms with Gasteiger partial charge in [-0.2, -0.15) is 0 Å². The van der Waals surface area contributed by atoms with Crippen molar-refractivity contribution in [2.24, 2.45) is 5.92 Å². The van der Waals surface area contributed by atoms with Crippen LogP contribution in [0.2, 0.25) is 0 Å². The lowest BCUT2D eigenvalue weighted by Gasteiger charge is -2.09. The first-order valence-electron chi connectivity index (χ1n) is 8.58. The second-order valence-electron chi connectivity index (χ2n) is 6.08. The molecule has 1 atom stereocenters. The number of aliphatic carboxylic acids is 1. The Morgan fingerprint density at radius 3 is 2.60 bits per heavy atom. The molecule has 0 aliphatic rings. The molecule has 132 valence electrons. The van der Waals surface area contributed by atoms with Crippen molar-refractivity contribution >= 4 is 22.5 Å². The number of carboxylic acid groups (broad SMARTS) is 1. The Kier molecular flexibility index (Phi) is 6.75. The third-order valence-corrected chi connectivity index (χ3v) is 4.30. The van der Waals surface area contributed by atoms with Crippen LogP contribution in [0.1, 0.15) is 43.0 Å². The van der Waals surface area contributed by atoms with Gasteiger partial charge in [-0.25, -0.2) is 0 Å². The van der Waals surface area contributed by atoms with Gasteiger partial charge in [-0.3, -0.25) is 9.59 Å². The highest BCUT2D eigenvalue weighted by molar-refractivity contribution is 6.00. The van der Waals surface area contributed by atoms with Crippen LogP contribution in [0, 0.1) is 5.92 Å². The van der Waals surface area contributed by atoms with E-state index < -0.39 is 5.97 Å². The van der Waals surface area contributed by atoms with Crippen LogP contribution in [0.15, 0.2) is 49.1 Å². The normalized spacial score (nSPS) is 11.9. The van der Waals surface area contributed by atoms with Gasteiger partial charge >= 0.3 is 5.97 Å². The summed E-state index contributed by atoms with van der Waals surface area (Å²) in [6, 6.07) is 11.3. The first-order valence-corrected chi connectivity index (χ1v) is 8.58. The maximum atomic E-state index is 12.4. The molecule has 0 aromatic heterocycles. The fraction of sp³-hybridized carbons (Fsp3) is 0.333. The maximum absolute atomic E-state index is 12.4. The summed E-state index contributed by atoms with van der Waals surface area (Å²) in [6.45, 7) is 5.94. The molecule has 0 amide bonds. The lowest BCUT2D eigenvalue weighted by atomic mass is 9.96. The molecule has 4 heteroatoms. The van der Waals surface area contributed by atoms with Crippen molar-refractivity contribution in [2.75, 3.05) is 6.61 Å². The molecule has 4 nitrogen and oxygen atoms in total.